The van der Waals surface area contributed by atoms with Crippen LogP contribution in [0, 0.1) is 0 Å². The van der Waals surface area contributed by atoms with E-state index < -0.39 is 5.60 Å². The Morgan fingerprint density at radius 1 is 1.17 bits per heavy atom. The first-order valence-electron chi connectivity index (χ1n) is 7.93. The van der Waals surface area contributed by atoms with E-state index in [0.29, 0.717) is 18.9 Å². The third-order valence-corrected chi connectivity index (χ3v) is 4.62. The molecule has 1 saturated heterocycles. The average molecular weight is 324 g/mol. The monoisotopic (exact) mass is 324 g/mol. The van der Waals surface area contributed by atoms with Gasteiger partial charge in [-0.3, -0.25) is 9.58 Å². The quantitative estimate of drug-likeness (QED) is 0.791. The highest BCUT2D eigenvalue weighted by Crippen LogP contribution is 2.31. The lowest BCUT2D eigenvalue weighted by molar-refractivity contribution is -0.115. The van der Waals surface area contributed by atoms with E-state index in [1.165, 1.54) is 17.3 Å². The number of hydrogen-bond donors (Lipinski definition) is 1. The van der Waals surface area contributed by atoms with E-state index in [-0.39, 0.29) is 0 Å². The molecule has 0 spiro atoms. The van der Waals surface area contributed by atoms with Gasteiger partial charge in [0.05, 0.1) is 7.11 Å². The Labute approximate surface area is 140 Å². The number of likely N-dealkylation sites (tertiary alicyclic amines) is 1. The van der Waals surface area contributed by atoms with Crippen LogP contribution in [0.2, 0.25) is 0 Å². The third kappa shape index (κ3) is 2.53. The van der Waals surface area contributed by atoms with Crippen molar-refractivity contribution in [3.8, 4) is 5.75 Å². The number of aryl methyl sites for hydroxylation is 1. The van der Waals surface area contributed by atoms with Gasteiger partial charge in [-0.1, -0.05) is 18.2 Å². The minimum atomic E-state index is -0.893. The maximum atomic E-state index is 10.7. The maximum absolute atomic E-state index is 10.7. The van der Waals surface area contributed by atoms with Crippen LogP contribution >= 0.6 is 0 Å². The Morgan fingerprint density at radius 2 is 1.92 bits per heavy atom. The number of aromatic nitrogens is 3. The van der Waals surface area contributed by atoms with Gasteiger partial charge in [0.1, 0.15) is 17.7 Å². The van der Waals surface area contributed by atoms with Gasteiger partial charge in [-0.15, -0.1) is 0 Å². The van der Waals surface area contributed by atoms with E-state index in [1.54, 1.807) is 18.8 Å². The molecule has 2 aromatic carbocycles. The topological polar surface area (TPSA) is 63.4 Å². The molecule has 6 heteroatoms. The average Bonchev–Trinajstić information content (AvgIpc) is 2.99. The van der Waals surface area contributed by atoms with Crippen molar-refractivity contribution in [2.24, 2.45) is 7.05 Å². The minimum Gasteiger partial charge on any atom is -0.497 e. The van der Waals surface area contributed by atoms with Gasteiger partial charge in [0.2, 0.25) is 0 Å². The minimum absolute atomic E-state index is 0.570. The van der Waals surface area contributed by atoms with Crippen LogP contribution in [0.25, 0.3) is 10.8 Å². The number of nitrogens with zero attached hydrogens (tertiary/aromatic N) is 4. The molecule has 0 unspecified atom stereocenters. The Balaban J connectivity index is 1.47. The zero-order valence-corrected chi connectivity index (χ0v) is 13.8. The van der Waals surface area contributed by atoms with Crippen molar-refractivity contribution in [1.82, 2.24) is 19.7 Å². The molecule has 0 aliphatic carbocycles. The highest BCUT2D eigenvalue weighted by atomic mass is 16.5. The first kappa shape index (κ1) is 15.1. The highest BCUT2D eigenvalue weighted by Gasteiger charge is 2.45. The largest absolute Gasteiger partial charge is 0.497 e. The van der Waals surface area contributed by atoms with Crippen molar-refractivity contribution >= 4 is 10.8 Å². The van der Waals surface area contributed by atoms with Crippen molar-refractivity contribution in [1.29, 1.82) is 0 Å². The summed E-state index contributed by atoms with van der Waals surface area (Å²) in [5.74, 6) is 1.50. The van der Waals surface area contributed by atoms with E-state index in [4.69, 9.17) is 4.74 Å². The molecule has 24 heavy (non-hydrogen) atoms. The molecular weight excluding hydrogens is 304 g/mol. The SMILES string of the molecule is COc1ccc2cc(CN3CC(O)(c4ncnn4C)C3)ccc2c1. The Bertz CT molecular complexity index is 884. The second-order valence-corrected chi connectivity index (χ2v) is 6.43. The van der Waals surface area contributed by atoms with Crippen molar-refractivity contribution in [3.63, 3.8) is 0 Å². The Hall–Kier alpha value is -2.44. The number of β-amino-alcohol motifs (C(OH)–C–C–N with tert-alkyl or cyclic N) is 1. The van der Waals surface area contributed by atoms with Crippen LogP contribution in [0.1, 0.15) is 11.4 Å². The van der Waals surface area contributed by atoms with Crippen LogP contribution in [0.4, 0.5) is 0 Å². The number of ether oxygens (including phenoxy) is 1. The van der Waals surface area contributed by atoms with E-state index in [0.717, 1.165) is 17.7 Å². The fourth-order valence-electron chi connectivity index (χ4n) is 3.42. The first-order chi connectivity index (χ1) is 11.6. The molecule has 0 radical (unpaired) electrons. The summed E-state index contributed by atoms with van der Waals surface area (Å²) in [6.07, 6.45) is 1.48. The predicted octanol–water partition coefficient (Wildman–Crippen LogP) is 1.68. The molecule has 0 atom stereocenters. The lowest BCUT2D eigenvalue weighted by atomic mass is 9.92. The number of hydrogen-bond acceptors (Lipinski definition) is 5. The molecule has 0 bridgehead atoms. The number of benzene rings is 2. The Kier molecular flexibility index (Phi) is 3.51. The lowest BCUT2D eigenvalue weighted by Crippen LogP contribution is -2.59. The van der Waals surface area contributed by atoms with Crippen LogP contribution in [-0.4, -0.2) is 45.0 Å². The number of methoxy groups -OCH3 is 1. The second kappa shape index (κ2) is 5.58. The van der Waals surface area contributed by atoms with Crippen molar-refractivity contribution in [2.45, 2.75) is 12.1 Å². The summed E-state index contributed by atoms with van der Waals surface area (Å²) in [5.41, 5.74) is 0.336. The highest BCUT2D eigenvalue weighted by molar-refractivity contribution is 5.84. The number of rotatable bonds is 4. The molecule has 1 aliphatic rings. The van der Waals surface area contributed by atoms with Crippen molar-refractivity contribution in [2.75, 3.05) is 20.2 Å². The second-order valence-electron chi connectivity index (χ2n) is 6.43. The third-order valence-electron chi connectivity index (χ3n) is 4.62. The first-order valence-corrected chi connectivity index (χ1v) is 7.93. The van der Waals surface area contributed by atoms with Gasteiger partial charge in [-0.25, -0.2) is 4.98 Å². The van der Waals surface area contributed by atoms with Gasteiger partial charge in [-0.2, -0.15) is 5.10 Å². The van der Waals surface area contributed by atoms with E-state index in [9.17, 15) is 5.11 Å². The maximum Gasteiger partial charge on any atom is 0.161 e. The molecule has 3 aromatic rings. The van der Waals surface area contributed by atoms with Crippen LogP contribution in [-0.2, 0) is 19.2 Å². The molecule has 0 saturated carbocycles. The molecule has 1 aromatic heterocycles. The summed E-state index contributed by atoms with van der Waals surface area (Å²) in [7, 11) is 3.48. The molecule has 1 fully saturated rings. The number of aliphatic hydroxyl groups is 1. The zero-order valence-electron chi connectivity index (χ0n) is 13.8. The zero-order chi connectivity index (χ0) is 16.7. The van der Waals surface area contributed by atoms with Crippen molar-refractivity contribution < 1.29 is 9.84 Å². The fourth-order valence-corrected chi connectivity index (χ4v) is 3.42. The molecule has 1 N–H and O–H groups in total. The van der Waals surface area contributed by atoms with Crippen LogP contribution in [0.3, 0.4) is 0 Å². The summed E-state index contributed by atoms with van der Waals surface area (Å²) in [5, 5.41) is 17.0. The van der Waals surface area contributed by atoms with E-state index in [2.05, 4.69) is 39.2 Å². The normalized spacial score (nSPS) is 17.0. The standard InChI is InChI=1S/C18H20N4O2/c1-21-17(19-12-20-21)18(23)10-22(11-18)9-13-3-4-15-8-16(24-2)6-5-14(15)7-13/h3-8,12,23H,9-11H2,1-2H3. The van der Waals surface area contributed by atoms with E-state index >= 15 is 0 Å². The van der Waals surface area contributed by atoms with Crippen LogP contribution in [0.5, 0.6) is 5.75 Å². The summed E-state index contributed by atoms with van der Waals surface area (Å²) >= 11 is 0. The van der Waals surface area contributed by atoms with Gasteiger partial charge < -0.3 is 9.84 Å². The van der Waals surface area contributed by atoms with E-state index in [1.807, 2.05) is 12.1 Å². The van der Waals surface area contributed by atoms with Gasteiger partial charge in [0.25, 0.3) is 0 Å². The van der Waals surface area contributed by atoms with Crippen molar-refractivity contribution in [3.05, 3.63) is 54.1 Å². The Morgan fingerprint density at radius 3 is 2.62 bits per heavy atom. The van der Waals surface area contributed by atoms with Gasteiger partial charge >= 0.3 is 0 Å². The molecule has 6 nitrogen and oxygen atoms in total. The summed E-state index contributed by atoms with van der Waals surface area (Å²) in [6.45, 7) is 1.95. The van der Waals surface area contributed by atoms with Crippen LogP contribution in [0.15, 0.2) is 42.7 Å². The summed E-state index contributed by atoms with van der Waals surface area (Å²) in [6, 6.07) is 12.5. The lowest BCUT2D eigenvalue weighted by Gasteiger charge is -2.45. The summed E-state index contributed by atoms with van der Waals surface area (Å²) in [4.78, 5) is 6.38. The molecule has 1 aliphatic heterocycles. The smallest absolute Gasteiger partial charge is 0.161 e. The van der Waals surface area contributed by atoms with Gasteiger partial charge in [0.15, 0.2) is 5.82 Å². The molecule has 4 rings (SSSR count). The van der Waals surface area contributed by atoms with Gasteiger partial charge in [-0.05, 0) is 34.5 Å². The molecule has 0 amide bonds. The predicted molar refractivity (Wildman–Crippen MR) is 90.7 cm³/mol. The van der Waals surface area contributed by atoms with Gasteiger partial charge in [0, 0.05) is 26.7 Å². The fraction of sp³-hybridized carbons (Fsp3) is 0.333. The van der Waals surface area contributed by atoms with Crippen LogP contribution < -0.4 is 4.74 Å². The number of fused-ring (bicyclic) bond motifs is 1. The summed E-state index contributed by atoms with van der Waals surface area (Å²) < 4.78 is 6.90. The molecule has 2 heterocycles. The molecule has 124 valence electrons. The molecular formula is C18H20N4O2.